The van der Waals surface area contributed by atoms with Crippen molar-refractivity contribution in [3.63, 3.8) is 0 Å². The van der Waals surface area contributed by atoms with E-state index in [1.165, 1.54) is 0 Å². The zero-order valence-corrected chi connectivity index (χ0v) is 8.03. The topological polar surface area (TPSA) is 81.1 Å². The molecule has 0 rings (SSSR count). The summed E-state index contributed by atoms with van der Waals surface area (Å²) in [5, 5.41) is 5.93. The van der Waals surface area contributed by atoms with Crippen LogP contribution in [-0.2, 0) is 4.79 Å². The summed E-state index contributed by atoms with van der Waals surface area (Å²) in [6, 6.07) is 0. The van der Waals surface area contributed by atoms with E-state index in [4.69, 9.17) is 5.53 Å². The number of hydrogen-bond acceptors (Lipinski definition) is 3. The van der Waals surface area contributed by atoms with E-state index >= 15 is 0 Å². The third-order valence-electron chi connectivity index (χ3n) is 1.55. The second kappa shape index (κ2) is 7.39. The van der Waals surface area contributed by atoms with Gasteiger partial charge >= 0.3 is 0 Å². The van der Waals surface area contributed by atoms with Crippen LogP contribution in [0.3, 0.4) is 0 Å². The second-order valence-electron chi connectivity index (χ2n) is 2.72. The molecule has 0 heterocycles. The Kier molecular flexibility index (Phi) is 6.68. The molecule has 13 heavy (non-hydrogen) atoms. The van der Waals surface area contributed by atoms with Crippen molar-refractivity contribution in [2.24, 2.45) is 5.11 Å². The lowest BCUT2D eigenvalue weighted by atomic mass is 10.4. The van der Waals surface area contributed by atoms with Gasteiger partial charge in [0, 0.05) is 18.5 Å². The van der Waals surface area contributed by atoms with E-state index in [1.807, 2.05) is 11.9 Å². The monoisotopic (exact) mass is 185 g/mol. The summed E-state index contributed by atoms with van der Waals surface area (Å²) >= 11 is 0. The molecule has 6 nitrogen and oxygen atoms in total. The van der Waals surface area contributed by atoms with E-state index in [-0.39, 0.29) is 5.91 Å². The third kappa shape index (κ3) is 7.11. The summed E-state index contributed by atoms with van der Waals surface area (Å²) < 4.78 is 0. The van der Waals surface area contributed by atoms with E-state index in [9.17, 15) is 4.79 Å². The normalized spacial score (nSPS) is 9.46. The van der Waals surface area contributed by atoms with Crippen LogP contribution in [0.2, 0.25) is 0 Å². The minimum absolute atomic E-state index is 0.00807. The van der Waals surface area contributed by atoms with Crippen LogP contribution < -0.4 is 5.32 Å². The molecule has 0 aliphatic carbocycles. The van der Waals surface area contributed by atoms with Crippen molar-refractivity contribution in [2.75, 3.05) is 33.7 Å². The molecule has 1 N–H and O–H groups in total. The Labute approximate surface area is 77.5 Å². The van der Waals surface area contributed by atoms with Crippen LogP contribution in [-0.4, -0.2) is 44.5 Å². The molecule has 0 aromatic rings. The highest BCUT2D eigenvalue weighted by molar-refractivity contribution is 5.77. The number of amides is 1. The minimum atomic E-state index is -0.00807. The Hall–Kier alpha value is -1.26. The van der Waals surface area contributed by atoms with Crippen molar-refractivity contribution in [3.8, 4) is 0 Å². The Morgan fingerprint density at radius 1 is 1.69 bits per heavy atom. The van der Waals surface area contributed by atoms with Crippen molar-refractivity contribution < 1.29 is 4.79 Å². The molecule has 0 unspecified atom stereocenters. The number of rotatable bonds is 6. The lowest BCUT2D eigenvalue weighted by molar-refractivity contribution is -0.121. The first-order valence-electron chi connectivity index (χ1n) is 4.10. The maximum atomic E-state index is 10.9. The highest BCUT2D eigenvalue weighted by Crippen LogP contribution is 1.88. The molecule has 0 fully saturated rings. The summed E-state index contributed by atoms with van der Waals surface area (Å²) in [4.78, 5) is 15.4. The maximum absolute atomic E-state index is 10.9. The number of likely N-dealkylation sites (N-methyl/N-ethyl adjacent to an activating group) is 2. The van der Waals surface area contributed by atoms with Gasteiger partial charge in [0.05, 0.1) is 6.54 Å². The fourth-order valence-electron chi connectivity index (χ4n) is 0.859. The van der Waals surface area contributed by atoms with Crippen molar-refractivity contribution in [1.82, 2.24) is 10.2 Å². The van der Waals surface area contributed by atoms with Crippen LogP contribution >= 0.6 is 0 Å². The molecule has 0 aromatic carbocycles. The number of carbonyl (C=O) groups excluding carboxylic acids is 1. The molecule has 0 bridgehead atoms. The third-order valence-corrected chi connectivity index (χ3v) is 1.55. The van der Waals surface area contributed by atoms with E-state index in [0.717, 1.165) is 13.0 Å². The quantitative estimate of drug-likeness (QED) is 0.280. The van der Waals surface area contributed by atoms with Gasteiger partial charge in [0.25, 0.3) is 0 Å². The molecule has 6 heteroatoms. The molecule has 0 spiro atoms. The second-order valence-corrected chi connectivity index (χ2v) is 2.72. The minimum Gasteiger partial charge on any atom is -0.358 e. The van der Waals surface area contributed by atoms with Crippen LogP contribution in [0.5, 0.6) is 0 Å². The summed E-state index contributed by atoms with van der Waals surface area (Å²) in [7, 11) is 3.46. The van der Waals surface area contributed by atoms with Crippen LogP contribution in [0.4, 0.5) is 0 Å². The molecule has 0 saturated heterocycles. The summed E-state index contributed by atoms with van der Waals surface area (Å²) in [6.45, 7) is 1.62. The van der Waals surface area contributed by atoms with E-state index in [0.29, 0.717) is 13.1 Å². The fraction of sp³-hybridized carbons (Fsp3) is 0.857. The molecule has 0 aliphatic heterocycles. The predicted octanol–water partition coefficient (Wildman–Crippen LogP) is 0.365. The van der Waals surface area contributed by atoms with E-state index in [2.05, 4.69) is 15.3 Å². The number of azide groups is 1. The highest BCUT2D eigenvalue weighted by Gasteiger charge is 2.02. The molecule has 0 atom stereocenters. The number of carbonyl (C=O) groups is 1. The summed E-state index contributed by atoms with van der Waals surface area (Å²) in [5.41, 5.74) is 8.00. The van der Waals surface area contributed by atoms with Gasteiger partial charge in [-0.25, -0.2) is 0 Å². The Morgan fingerprint density at radius 3 is 2.92 bits per heavy atom. The molecule has 0 saturated carbocycles. The molecule has 74 valence electrons. The van der Waals surface area contributed by atoms with Crippen LogP contribution in [0.15, 0.2) is 5.11 Å². The average molecular weight is 185 g/mol. The van der Waals surface area contributed by atoms with Gasteiger partial charge in [0.2, 0.25) is 5.91 Å². The van der Waals surface area contributed by atoms with E-state index < -0.39 is 0 Å². The summed E-state index contributed by atoms with van der Waals surface area (Å²) in [6.07, 6.45) is 0.775. The maximum Gasteiger partial charge on any atom is 0.233 e. The van der Waals surface area contributed by atoms with Crippen LogP contribution in [0.25, 0.3) is 10.4 Å². The van der Waals surface area contributed by atoms with Gasteiger partial charge in [-0.2, -0.15) is 0 Å². The fourth-order valence-corrected chi connectivity index (χ4v) is 0.859. The zero-order valence-electron chi connectivity index (χ0n) is 8.03. The average Bonchev–Trinajstić information content (AvgIpc) is 2.12. The molecular formula is C7H15N5O. The SMILES string of the molecule is CNC(=O)CN(C)CCCN=[N+]=[N-]. The lowest BCUT2D eigenvalue weighted by Gasteiger charge is -2.14. The lowest BCUT2D eigenvalue weighted by Crippen LogP contribution is -2.33. The van der Waals surface area contributed by atoms with Crippen molar-refractivity contribution in [1.29, 1.82) is 0 Å². The van der Waals surface area contributed by atoms with Crippen LogP contribution in [0.1, 0.15) is 6.42 Å². The first-order chi connectivity index (χ1) is 6.20. The van der Waals surface area contributed by atoms with Crippen molar-refractivity contribution in [3.05, 3.63) is 10.4 Å². The van der Waals surface area contributed by atoms with Gasteiger partial charge in [0.15, 0.2) is 0 Å². The van der Waals surface area contributed by atoms with Crippen molar-refractivity contribution in [2.45, 2.75) is 6.42 Å². The standard InChI is InChI=1S/C7H15N5O/c1-9-7(13)6-12(2)5-3-4-10-11-8/h3-6H2,1-2H3,(H,9,13). The first kappa shape index (κ1) is 11.7. The van der Waals surface area contributed by atoms with Gasteiger partial charge in [0.1, 0.15) is 0 Å². The Morgan fingerprint density at radius 2 is 2.38 bits per heavy atom. The molecule has 0 aliphatic rings. The molecular weight excluding hydrogens is 170 g/mol. The van der Waals surface area contributed by atoms with Crippen molar-refractivity contribution >= 4 is 5.91 Å². The predicted molar refractivity (Wildman–Crippen MR) is 50.2 cm³/mol. The summed E-state index contributed by atoms with van der Waals surface area (Å²) in [5.74, 6) is -0.00807. The van der Waals surface area contributed by atoms with Gasteiger partial charge in [-0.05, 0) is 25.5 Å². The smallest absolute Gasteiger partial charge is 0.233 e. The van der Waals surface area contributed by atoms with Gasteiger partial charge < -0.3 is 5.32 Å². The van der Waals surface area contributed by atoms with Gasteiger partial charge in [-0.15, -0.1) is 0 Å². The highest BCUT2D eigenvalue weighted by atomic mass is 16.1. The van der Waals surface area contributed by atoms with Gasteiger partial charge in [-0.3, -0.25) is 9.69 Å². The zero-order chi connectivity index (χ0) is 10.1. The van der Waals surface area contributed by atoms with E-state index in [1.54, 1.807) is 7.05 Å². The first-order valence-corrected chi connectivity index (χ1v) is 4.10. The molecule has 0 radical (unpaired) electrons. The Bertz CT molecular complexity index is 199. The Balaban J connectivity index is 3.45. The van der Waals surface area contributed by atoms with Gasteiger partial charge in [-0.1, -0.05) is 5.11 Å². The number of nitrogens with one attached hydrogen (secondary N) is 1. The molecule has 1 amide bonds. The van der Waals surface area contributed by atoms with Crippen LogP contribution in [0, 0.1) is 0 Å². The molecule has 0 aromatic heterocycles. The number of hydrogen-bond donors (Lipinski definition) is 1. The number of nitrogens with zero attached hydrogens (tertiary/aromatic N) is 4. The largest absolute Gasteiger partial charge is 0.358 e.